The number of methoxy groups -OCH3 is 1. The molecule has 1 unspecified atom stereocenters. The van der Waals surface area contributed by atoms with Crippen molar-refractivity contribution in [3.63, 3.8) is 0 Å². The van der Waals surface area contributed by atoms with Crippen LogP contribution < -0.4 is 21.3 Å². The number of carbonyl (C=O) groups excluding carboxylic acids is 4. The average Bonchev–Trinajstić information content (AvgIpc) is 3.39. The van der Waals surface area contributed by atoms with Crippen LogP contribution in [-0.2, 0) is 19.2 Å². The van der Waals surface area contributed by atoms with E-state index in [9.17, 15) is 19.2 Å². The number of H-pyrrole nitrogens is 1. The highest BCUT2D eigenvalue weighted by Gasteiger charge is 2.36. The molecule has 2 heterocycles. The van der Waals surface area contributed by atoms with Gasteiger partial charge in [-0.1, -0.05) is 31.4 Å². The standard InChI is InChI=1S/C24H29ClN4O6/c1-11(14-5-6-27-23(14)32)7-18(30)35-29-24(33)16(8-12-3-4-12)19-15-9-13(34-2)10-17(25)20(15)28-21(19)22(26)31/h9-12,14,16,28H,3-8H2,1-2H3,(H2,26,31)(H,27,32)(H,29,33)/t11?,14-,16-/m0/s1. The highest BCUT2D eigenvalue weighted by molar-refractivity contribution is 6.35. The molecule has 188 valence electrons. The molecule has 0 spiro atoms. The van der Waals surface area contributed by atoms with Gasteiger partial charge in [-0.25, -0.2) is 4.79 Å². The van der Waals surface area contributed by atoms with Crippen molar-refractivity contribution in [2.24, 2.45) is 23.5 Å². The largest absolute Gasteiger partial charge is 0.497 e. The number of ether oxygens (including phenoxy) is 1. The van der Waals surface area contributed by atoms with Gasteiger partial charge < -0.3 is 25.6 Å². The van der Waals surface area contributed by atoms with Crippen LogP contribution in [0.2, 0.25) is 5.02 Å². The van der Waals surface area contributed by atoms with Crippen molar-refractivity contribution in [2.75, 3.05) is 13.7 Å². The molecule has 2 fully saturated rings. The van der Waals surface area contributed by atoms with E-state index in [1.165, 1.54) is 7.11 Å². The number of nitrogens with one attached hydrogen (secondary N) is 3. The summed E-state index contributed by atoms with van der Waals surface area (Å²) in [7, 11) is 1.49. The predicted molar refractivity (Wildman–Crippen MR) is 128 cm³/mol. The zero-order valence-electron chi connectivity index (χ0n) is 19.6. The molecule has 1 aliphatic heterocycles. The number of primary amides is 1. The topological polar surface area (TPSA) is 153 Å². The van der Waals surface area contributed by atoms with Crippen LogP contribution in [0, 0.1) is 17.8 Å². The fourth-order valence-electron chi connectivity index (χ4n) is 4.75. The maximum atomic E-state index is 13.3. The van der Waals surface area contributed by atoms with E-state index in [1.54, 1.807) is 19.1 Å². The molecule has 0 radical (unpaired) electrons. The maximum absolute atomic E-state index is 13.3. The van der Waals surface area contributed by atoms with Crippen molar-refractivity contribution in [3.05, 3.63) is 28.4 Å². The number of hydrogen-bond donors (Lipinski definition) is 4. The van der Waals surface area contributed by atoms with E-state index in [0.29, 0.717) is 52.5 Å². The number of nitrogens with two attached hydrogens (primary N) is 1. The molecule has 0 bridgehead atoms. The second kappa shape index (κ2) is 10.2. The molecule has 1 saturated carbocycles. The second-order valence-electron chi connectivity index (χ2n) is 9.35. The molecule has 35 heavy (non-hydrogen) atoms. The zero-order chi connectivity index (χ0) is 25.3. The monoisotopic (exact) mass is 504 g/mol. The third-order valence-electron chi connectivity index (χ3n) is 6.82. The number of carbonyl (C=O) groups is 4. The quantitative estimate of drug-likeness (QED) is 0.385. The number of halogens is 1. The Hall–Kier alpha value is -3.27. The summed E-state index contributed by atoms with van der Waals surface area (Å²) in [4.78, 5) is 57.9. The molecule has 3 amide bonds. The molecule has 1 aromatic carbocycles. The zero-order valence-corrected chi connectivity index (χ0v) is 20.4. The van der Waals surface area contributed by atoms with Gasteiger partial charge in [-0.15, -0.1) is 0 Å². The van der Waals surface area contributed by atoms with Gasteiger partial charge >= 0.3 is 5.97 Å². The summed E-state index contributed by atoms with van der Waals surface area (Å²) in [5, 5.41) is 3.60. The maximum Gasteiger partial charge on any atom is 0.332 e. The molecule has 1 aliphatic carbocycles. The molecular formula is C24H29ClN4O6. The van der Waals surface area contributed by atoms with E-state index in [2.05, 4.69) is 15.8 Å². The predicted octanol–water partition coefficient (Wildman–Crippen LogP) is 2.55. The van der Waals surface area contributed by atoms with Crippen molar-refractivity contribution in [1.29, 1.82) is 0 Å². The van der Waals surface area contributed by atoms with Gasteiger partial charge in [-0.3, -0.25) is 14.4 Å². The summed E-state index contributed by atoms with van der Waals surface area (Å²) in [5.74, 6) is -2.57. The fourth-order valence-corrected chi connectivity index (χ4v) is 5.00. The number of aromatic amines is 1. The lowest BCUT2D eigenvalue weighted by Crippen LogP contribution is -2.34. The van der Waals surface area contributed by atoms with Gasteiger partial charge in [0.2, 0.25) is 5.91 Å². The fraction of sp³-hybridized carbons (Fsp3) is 0.500. The SMILES string of the molecule is COc1cc(Cl)c2[nH]c(C(N)=O)c([C@H](CC3CC3)C(=O)NOC(=O)CC(C)[C@@H]3CCNC3=O)c2c1. The van der Waals surface area contributed by atoms with Crippen molar-refractivity contribution < 1.29 is 28.8 Å². The Labute approximate surface area is 207 Å². The minimum atomic E-state index is -0.812. The Morgan fingerprint density at radius 3 is 2.60 bits per heavy atom. The third kappa shape index (κ3) is 5.37. The minimum absolute atomic E-state index is 0.0158. The Balaban J connectivity index is 1.56. The van der Waals surface area contributed by atoms with Crippen LogP contribution >= 0.6 is 11.6 Å². The van der Waals surface area contributed by atoms with Crippen LogP contribution in [0.4, 0.5) is 0 Å². The number of aromatic nitrogens is 1. The van der Waals surface area contributed by atoms with Crippen LogP contribution in [0.5, 0.6) is 5.75 Å². The summed E-state index contributed by atoms with van der Waals surface area (Å²) in [6.07, 6.45) is 3.01. The van der Waals surface area contributed by atoms with Gasteiger partial charge in [-0.05, 0) is 30.7 Å². The summed E-state index contributed by atoms with van der Waals surface area (Å²) in [6, 6.07) is 3.28. The molecular weight excluding hydrogens is 476 g/mol. The molecule has 2 aliphatic rings. The van der Waals surface area contributed by atoms with Crippen LogP contribution in [0.3, 0.4) is 0 Å². The summed E-state index contributed by atoms with van der Waals surface area (Å²) < 4.78 is 5.31. The lowest BCUT2D eigenvalue weighted by Gasteiger charge is -2.19. The van der Waals surface area contributed by atoms with Gasteiger partial charge in [0.05, 0.1) is 30.0 Å². The number of fused-ring (bicyclic) bond motifs is 1. The first kappa shape index (κ1) is 24.8. The van der Waals surface area contributed by atoms with E-state index in [1.807, 2.05) is 0 Å². The van der Waals surface area contributed by atoms with Crippen LogP contribution in [0.15, 0.2) is 12.1 Å². The van der Waals surface area contributed by atoms with Crippen LogP contribution in [0.1, 0.15) is 61.0 Å². The smallest absolute Gasteiger partial charge is 0.332 e. The second-order valence-corrected chi connectivity index (χ2v) is 9.76. The molecule has 1 aromatic heterocycles. The summed E-state index contributed by atoms with van der Waals surface area (Å²) in [6.45, 7) is 2.39. The number of rotatable bonds is 9. The Morgan fingerprint density at radius 1 is 1.26 bits per heavy atom. The lowest BCUT2D eigenvalue weighted by molar-refractivity contribution is -0.160. The number of benzene rings is 1. The number of amides is 3. The molecule has 4 rings (SSSR count). The number of hydrogen-bond acceptors (Lipinski definition) is 6. The van der Waals surface area contributed by atoms with Crippen LogP contribution in [0.25, 0.3) is 10.9 Å². The molecule has 10 nitrogen and oxygen atoms in total. The lowest BCUT2D eigenvalue weighted by atomic mass is 9.90. The van der Waals surface area contributed by atoms with Gasteiger partial charge in [-0.2, -0.15) is 5.48 Å². The van der Waals surface area contributed by atoms with Crippen LogP contribution in [-0.4, -0.2) is 42.3 Å². The van der Waals surface area contributed by atoms with E-state index < -0.39 is 23.7 Å². The molecule has 3 atom stereocenters. The van der Waals surface area contributed by atoms with Gasteiger partial charge in [0.15, 0.2) is 0 Å². The highest BCUT2D eigenvalue weighted by Crippen LogP contribution is 2.43. The van der Waals surface area contributed by atoms with Gasteiger partial charge in [0.25, 0.3) is 11.8 Å². The van der Waals surface area contributed by atoms with E-state index in [4.69, 9.17) is 26.9 Å². The van der Waals surface area contributed by atoms with Crippen molar-refractivity contribution in [1.82, 2.24) is 15.8 Å². The van der Waals surface area contributed by atoms with E-state index in [-0.39, 0.29) is 29.9 Å². The normalized spacial score (nSPS) is 19.2. The van der Waals surface area contributed by atoms with E-state index in [0.717, 1.165) is 12.8 Å². The summed E-state index contributed by atoms with van der Waals surface area (Å²) in [5.41, 5.74) is 8.83. The third-order valence-corrected chi connectivity index (χ3v) is 7.12. The molecule has 11 heteroatoms. The Kier molecular flexibility index (Phi) is 7.20. The Bertz CT molecular complexity index is 1170. The highest BCUT2D eigenvalue weighted by atomic mass is 35.5. The van der Waals surface area contributed by atoms with Gasteiger partial charge in [0.1, 0.15) is 11.4 Å². The Morgan fingerprint density at radius 2 is 2.00 bits per heavy atom. The van der Waals surface area contributed by atoms with Crippen molar-refractivity contribution in [3.8, 4) is 5.75 Å². The first-order valence-electron chi connectivity index (χ1n) is 11.7. The van der Waals surface area contributed by atoms with Gasteiger partial charge in [0, 0.05) is 29.5 Å². The molecule has 1 saturated heterocycles. The molecule has 2 aromatic rings. The van der Waals surface area contributed by atoms with Crippen molar-refractivity contribution >= 4 is 46.2 Å². The van der Waals surface area contributed by atoms with E-state index >= 15 is 0 Å². The van der Waals surface area contributed by atoms with Crippen molar-refractivity contribution in [2.45, 2.75) is 44.9 Å². The molecule has 5 N–H and O–H groups in total. The number of hydroxylamine groups is 1. The first-order chi connectivity index (χ1) is 16.7. The minimum Gasteiger partial charge on any atom is -0.497 e. The average molecular weight is 505 g/mol. The summed E-state index contributed by atoms with van der Waals surface area (Å²) >= 11 is 6.39. The first-order valence-corrected chi connectivity index (χ1v) is 12.0.